The summed E-state index contributed by atoms with van der Waals surface area (Å²) in [4.78, 5) is 0. The van der Waals surface area contributed by atoms with Crippen molar-refractivity contribution in [2.75, 3.05) is 19.8 Å². The zero-order chi connectivity index (χ0) is 14.5. The summed E-state index contributed by atoms with van der Waals surface area (Å²) < 4.78 is 0. The molecular weight excluding hydrogens is 252 g/mol. The molecule has 0 aromatic carbocycles. The van der Waals surface area contributed by atoms with Crippen LogP contribution in [-0.2, 0) is 0 Å². The summed E-state index contributed by atoms with van der Waals surface area (Å²) in [5.41, 5.74) is -2.78. The van der Waals surface area contributed by atoms with Crippen LogP contribution in [0.15, 0.2) is 0 Å². The highest BCUT2D eigenvalue weighted by atomic mass is 16.4. The van der Waals surface area contributed by atoms with E-state index in [1.807, 2.05) is 0 Å². The Morgan fingerprint density at radius 2 is 1.17 bits per heavy atom. The summed E-state index contributed by atoms with van der Waals surface area (Å²) >= 11 is 0. The summed E-state index contributed by atoms with van der Waals surface area (Å²) in [6.07, 6.45) is -10.2. The van der Waals surface area contributed by atoms with E-state index < -0.39 is 55.9 Å². The lowest BCUT2D eigenvalue weighted by Gasteiger charge is -2.39. The van der Waals surface area contributed by atoms with Crippen molar-refractivity contribution < 1.29 is 46.0 Å². The first-order valence-electron chi connectivity index (χ1n) is 5.21. The van der Waals surface area contributed by atoms with Crippen LogP contribution < -0.4 is 0 Å². The number of aliphatic hydroxyl groups excluding tert-OH is 8. The Morgan fingerprint density at radius 3 is 1.50 bits per heavy atom. The van der Waals surface area contributed by atoms with Crippen LogP contribution in [0.2, 0.25) is 0 Å². The van der Waals surface area contributed by atoms with Gasteiger partial charge in [-0.1, -0.05) is 0 Å². The van der Waals surface area contributed by atoms with E-state index >= 15 is 0 Å². The molecule has 9 N–H and O–H groups in total. The second-order valence-corrected chi connectivity index (χ2v) is 4.03. The van der Waals surface area contributed by atoms with E-state index in [1.54, 1.807) is 0 Å². The molecule has 0 bridgehead atoms. The largest absolute Gasteiger partial charge is 0.394 e. The van der Waals surface area contributed by atoms with Gasteiger partial charge >= 0.3 is 0 Å². The molecule has 0 rings (SSSR count). The van der Waals surface area contributed by atoms with Gasteiger partial charge in [0.2, 0.25) is 0 Å². The lowest BCUT2D eigenvalue weighted by atomic mass is 9.83. The van der Waals surface area contributed by atoms with Gasteiger partial charge in [0.1, 0.15) is 36.1 Å². The van der Waals surface area contributed by atoms with Crippen molar-refractivity contribution in [3.63, 3.8) is 0 Å². The van der Waals surface area contributed by atoms with Crippen LogP contribution in [0.4, 0.5) is 0 Å². The fraction of sp³-hybridized carbons (Fsp3) is 1.00. The van der Waals surface area contributed by atoms with Gasteiger partial charge in [-0.2, -0.15) is 0 Å². The minimum atomic E-state index is -2.78. The summed E-state index contributed by atoms with van der Waals surface area (Å²) in [6.45, 7) is -3.16. The first-order chi connectivity index (χ1) is 8.26. The van der Waals surface area contributed by atoms with Gasteiger partial charge < -0.3 is 46.0 Å². The molecule has 0 heterocycles. The Hall–Kier alpha value is -0.360. The monoisotopic (exact) mass is 272 g/mol. The second-order valence-electron chi connectivity index (χ2n) is 4.03. The molecule has 18 heavy (non-hydrogen) atoms. The second kappa shape index (κ2) is 7.28. The quantitative estimate of drug-likeness (QED) is 0.208. The van der Waals surface area contributed by atoms with Crippen molar-refractivity contribution >= 4 is 0 Å². The van der Waals surface area contributed by atoms with Gasteiger partial charge in [-0.25, -0.2) is 0 Å². The molecule has 0 unspecified atom stereocenters. The molecule has 0 saturated carbocycles. The van der Waals surface area contributed by atoms with Gasteiger partial charge in [0.15, 0.2) is 0 Å². The van der Waals surface area contributed by atoms with Gasteiger partial charge in [0, 0.05) is 0 Å². The smallest absolute Gasteiger partial charge is 0.144 e. The molecule has 0 fully saturated rings. The van der Waals surface area contributed by atoms with Crippen LogP contribution in [0.5, 0.6) is 0 Å². The van der Waals surface area contributed by atoms with E-state index in [9.17, 15) is 20.4 Å². The van der Waals surface area contributed by atoms with Crippen molar-refractivity contribution in [2.24, 2.45) is 0 Å². The Balaban J connectivity index is 5.02. The molecule has 0 aromatic heterocycles. The van der Waals surface area contributed by atoms with Crippen LogP contribution >= 0.6 is 0 Å². The SMILES string of the molecule is OC[C@@H](O)[C@@H](O)[C@](O)(CO)[C@@H](O)[C@@H](O)[C@@H](O)CO. The topological polar surface area (TPSA) is 182 Å². The average Bonchev–Trinajstić information content (AvgIpc) is 2.41. The molecule has 0 spiro atoms. The highest BCUT2D eigenvalue weighted by molar-refractivity contribution is 5.00. The Labute approximate surface area is 103 Å². The molecule has 0 aliphatic rings. The van der Waals surface area contributed by atoms with Gasteiger partial charge in [-0.05, 0) is 0 Å². The zero-order valence-corrected chi connectivity index (χ0v) is 9.53. The predicted molar refractivity (Wildman–Crippen MR) is 56.2 cm³/mol. The minimum absolute atomic E-state index is 0.932. The standard InChI is InChI=1S/C9H20O9/c10-1-4(13)6(15)8(17)9(18,3-12)7(16)5(14)2-11/h4-8,10-18H,1-3H2/t4-,5+,6-,7+,8-,9+/m0/s1. The van der Waals surface area contributed by atoms with E-state index in [-0.39, 0.29) is 0 Å². The maximum absolute atomic E-state index is 9.80. The zero-order valence-electron chi connectivity index (χ0n) is 9.53. The van der Waals surface area contributed by atoms with Crippen molar-refractivity contribution in [2.45, 2.75) is 36.1 Å². The van der Waals surface area contributed by atoms with Crippen molar-refractivity contribution in [3.8, 4) is 0 Å². The number of hydrogen-bond acceptors (Lipinski definition) is 9. The first-order valence-corrected chi connectivity index (χ1v) is 5.21. The van der Waals surface area contributed by atoms with Crippen LogP contribution in [0.25, 0.3) is 0 Å². The van der Waals surface area contributed by atoms with Crippen LogP contribution in [-0.4, -0.2) is 102 Å². The highest BCUT2D eigenvalue weighted by Gasteiger charge is 2.49. The molecule has 0 radical (unpaired) electrons. The molecule has 0 aromatic rings. The van der Waals surface area contributed by atoms with Crippen molar-refractivity contribution in [1.82, 2.24) is 0 Å². The molecule has 0 amide bonds. The molecule has 6 atom stereocenters. The molecular formula is C9H20O9. The van der Waals surface area contributed by atoms with Crippen molar-refractivity contribution in [1.29, 1.82) is 0 Å². The van der Waals surface area contributed by atoms with Gasteiger partial charge in [-0.3, -0.25) is 0 Å². The van der Waals surface area contributed by atoms with E-state index in [0.717, 1.165) is 0 Å². The Kier molecular flexibility index (Phi) is 7.14. The van der Waals surface area contributed by atoms with Crippen LogP contribution in [0, 0.1) is 0 Å². The van der Waals surface area contributed by atoms with E-state index in [1.165, 1.54) is 0 Å². The van der Waals surface area contributed by atoms with E-state index in [4.69, 9.17) is 25.5 Å². The fourth-order valence-electron chi connectivity index (χ4n) is 1.41. The Bertz CT molecular complexity index is 238. The minimum Gasteiger partial charge on any atom is -0.394 e. The van der Waals surface area contributed by atoms with Crippen LogP contribution in [0.3, 0.4) is 0 Å². The number of aliphatic hydroxyl groups is 9. The van der Waals surface area contributed by atoms with E-state index in [0.29, 0.717) is 0 Å². The van der Waals surface area contributed by atoms with E-state index in [2.05, 4.69) is 0 Å². The highest BCUT2D eigenvalue weighted by Crippen LogP contribution is 2.22. The Morgan fingerprint density at radius 1 is 0.722 bits per heavy atom. The number of hydrogen-bond donors (Lipinski definition) is 9. The molecule has 9 heteroatoms. The lowest BCUT2D eigenvalue weighted by Crippen LogP contribution is -2.64. The van der Waals surface area contributed by atoms with Gasteiger partial charge in [0.05, 0.1) is 19.8 Å². The molecule has 0 aliphatic carbocycles. The van der Waals surface area contributed by atoms with Crippen LogP contribution in [0.1, 0.15) is 0 Å². The lowest BCUT2D eigenvalue weighted by molar-refractivity contribution is -0.229. The molecule has 0 aliphatic heterocycles. The third-order valence-corrected chi connectivity index (χ3v) is 2.73. The molecule has 9 nitrogen and oxygen atoms in total. The normalized spacial score (nSPS) is 23.8. The first kappa shape index (κ1) is 17.6. The average molecular weight is 272 g/mol. The maximum Gasteiger partial charge on any atom is 0.144 e. The van der Waals surface area contributed by atoms with Gasteiger partial charge in [0.25, 0.3) is 0 Å². The summed E-state index contributed by atoms with van der Waals surface area (Å²) in [7, 11) is 0. The third-order valence-electron chi connectivity index (χ3n) is 2.73. The maximum atomic E-state index is 9.80. The van der Waals surface area contributed by atoms with Gasteiger partial charge in [-0.15, -0.1) is 0 Å². The predicted octanol–water partition coefficient (Wildman–Crippen LogP) is -5.50. The van der Waals surface area contributed by atoms with Crippen molar-refractivity contribution in [3.05, 3.63) is 0 Å². The third kappa shape index (κ3) is 3.57. The summed E-state index contributed by atoms with van der Waals surface area (Å²) in [5, 5.41) is 82.6. The fourth-order valence-corrected chi connectivity index (χ4v) is 1.41. The number of rotatable bonds is 8. The molecule has 0 saturated heterocycles. The molecule has 110 valence electrons. The summed E-state index contributed by atoms with van der Waals surface area (Å²) in [5.74, 6) is 0. The summed E-state index contributed by atoms with van der Waals surface area (Å²) in [6, 6.07) is 0.